The standard InChI is InChI=1S/C31H33N3O4/c1-3-24-19-34-25(14-12-21(2)28(34)32-24)20-38-30(37)33-31(16-8-5-9-17-31)23-13-15-26(27(18-23)29(35)36)22-10-6-4-7-11-22/h4,6-7,10-15,18-19H,3,5,8-9,16-17,20H2,1-2H3,(H,33,37)(H,35,36). The molecule has 0 saturated heterocycles. The van der Waals surface area contributed by atoms with Gasteiger partial charge in [0.2, 0.25) is 0 Å². The number of benzene rings is 2. The second-order valence-electron chi connectivity index (χ2n) is 10.1. The van der Waals surface area contributed by atoms with E-state index in [0.29, 0.717) is 5.56 Å². The zero-order valence-electron chi connectivity index (χ0n) is 21.9. The van der Waals surface area contributed by atoms with E-state index in [2.05, 4.69) is 17.2 Å². The number of carboxylic acid groups (broad SMARTS) is 1. The number of nitrogens with one attached hydrogen (secondary N) is 1. The monoisotopic (exact) mass is 511 g/mol. The molecule has 2 aromatic carbocycles. The lowest BCUT2D eigenvalue weighted by Gasteiger charge is -2.38. The molecule has 4 aromatic rings. The minimum atomic E-state index is -0.991. The molecule has 7 heteroatoms. The number of rotatable bonds is 7. The number of aromatic carboxylic acids is 1. The number of imidazole rings is 1. The van der Waals surface area contributed by atoms with Crippen molar-refractivity contribution in [2.45, 2.75) is 64.5 Å². The summed E-state index contributed by atoms with van der Waals surface area (Å²) < 4.78 is 7.71. The number of carbonyl (C=O) groups is 2. The van der Waals surface area contributed by atoms with Crippen LogP contribution in [0.5, 0.6) is 0 Å². The van der Waals surface area contributed by atoms with Crippen LogP contribution >= 0.6 is 0 Å². The number of pyridine rings is 1. The Balaban J connectivity index is 1.40. The zero-order valence-corrected chi connectivity index (χ0v) is 21.9. The minimum absolute atomic E-state index is 0.103. The fourth-order valence-corrected chi connectivity index (χ4v) is 5.49. The average Bonchev–Trinajstić information content (AvgIpc) is 3.39. The average molecular weight is 512 g/mol. The van der Waals surface area contributed by atoms with Crippen LogP contribution in [-0.2, 0) is 23.3 Å². The van der Waals surface area contributed by atoms with Crippen molar-refractivity contribution in [2.75, 3.05) is 0 Å². The van der Waals surface area contributed by atoms with Gasteiger partial charge < -0.3 is 19.6 Å². The first-order valence-electron chi connectivity index (χ1n) is 13.2. The Labute approximate surface area is 222 Å². The van der Waals surface area contributed by atoms with E-state index in [9.17, 15) is 14.7 Å². The summed E-state index contributed by atoms with van der Waals surface area (Å²) in [5.74, 6) is -0.991. The number of ether oxygens (including phenoxy) is 1. The molecule has 0 aliphatic heterocycles. The summed E-state index contributed by atoms with van der Waals surface area (Å²) in [6, 6.07) is 19.0. The van der Waals surface area contributed by atoms with Crippen molar-refractivity contribution in [3.05, 3.63) is 94.9 Å². The number of aryl methyl sites for hydroxylation is 2. The number of amides is 1. The summed E-state index contributed by atoms with van der Waals surface area (Å²) in [6.07, 6.45) is 6.71. The topological polar surface area (TPSA) is 92.9 Å². The molecular weight excluding hydrogens is 478 g/mol. The van der Waals surface area contributed by atoms with Crippen LogP contribution in [0.25, 0.3) is 16.8 Å². The lowest BCUT2D eigenvalue weighted by atomic mass is 9.75. The number of hydrogen-bond donors (Lipinski definition) is 2. The van der Waals surface area contributed by atoms with Crippen LogP contribution in [0.2, 0.25) is 0 Å². The molecule has 7 nitrogen and oxygen atoms in total. The number of carboxylic acids is 1. The number of carbonyl (C=O) groups excluding carboxylic acids is 1. The molecule has 2 heterocycles. The van der Waals surface area contributed by atoms with Crippen molar-refractivity contribution < 1.29 is 19.4 Å². The second-order valence-corrected chi connectivity index (χ2v) is 10.1. The first-order chi connectivity index (χ1) is 18.4. The molecule has 38 heavy (non-hydrogen) atoms. The highest BCUT2D eigenvalue weighted by molar-refractivity contribution is 5.96. The first kappa shape index (κ1) is 25.5. The quantitative estimate of drug-likeness (QED) is 0.290. The van der Waals surface area contributed by atoms with Crippen molar-refractivity contribution in [3.8, 4) is 11.1 Å². The van der Waals surface area contributed by atoms with E-state index < -0.39 is 17.6 Å². The SMILES string of the molecule is CCc1cn2c(COC(=O)NC3(c4ccc(-c5ccccc5)c(C(=O)O)c4)CCCCC3)ccc(C)c2n1. The highest BCUT2D eigenvalue weighted by Gasteiger charge is 2.37. The Hall–Kier alpha value is -4.13. The number of hydrogen-bond acceptors (Lipinski definition) is 4. The third-order valence-corrected chi connectivity index (χ3v) is 7.59. The van der Waals surface area contributed by atoms with Gasteiger partial charge in [-0.2, -0.15) is 0 Å². The molecule has 0 bridgehead atoms. The maximum absolute atomic E-state index is 13.2. The molecule has 2 N–H and O–H groups in total. The van der Waals surface area contributed by atoms with Gasteiger partial charge in [0.05, 0.1) is 22.5 Å². The van der Waals surface area contributed by atoms with Crippen molar-refractivity contribution in [1.29, 1.82) is 0 Å². The Kier molecular flexibility index (Phi) is 7.18. The lowest BCUT2D eigenvalue weighted by Crippen LogP contribution is -2.47. The van der Waals surface area contributed by atoms with Crippen LogP contribution in [-0.4, -0.2) is 26.6 Å². The predicted molar refractivity (Wildman–Crippen MR) is 146 cm³/mol. The van der Waals surface area contributed by atoms with Crippen LogP contribution in [0.15, 0.2) is 66.9 Å². The maximum Gasteiger partial charge on any atom is 0.408 e. The Morgan fingerprint density at radius 3 is 2.53 bits per heavy atom. The van der Waals surface area contributed by atoms with Gasteiger partial charge in [-0.25, -0.2) is 14.6 Å². The summed E-state index contributed by atoms with van der Waals surface area (Å²) in [6.45, 7) is 4.18. The van der Waals surface area contributed by atoms with Gasteiger partial charge in [-0.05, 0) is 60.6 Å². The largest absolute Gasteiger partial charge is 0.478 e. The van der Waals surface area contributed by atoms with Crippen LogP contribution in [0, 0.1) is 6.92 Å². The van der Waals surface area contributed by atoms with E-state index in [0.717, 1.165) is 72.3 Å². The van der Waals surface area contributed by atoms with Crippen LogP contribution < -0.4 is 5.32 Å². The molecule has 5 rings (SSSR count). The first-order valence-corrected chi connectivity index (χ1v) is 13.2. The fraction of sp³-hybridized carbons (Fsp3) is 0.323. The Morgan fingerprint density at radius 2 is 1.82 bits per heavy atom. The van der Waals surface area contributed by atoms with Gasteiger partial charge in [0.15, 0.2) is 0 Å². The van der Waals surface area contributed by atoms with Crippen molar-refractivity contribution in [1.82, 2.24) is 14.7 Å². The predicted octanol–water partition coefficient (Wildman–Crippen LogP) is 6.66. The van der Waals surface area contributed by atoms with Crippen LogP contribution in [0.1, 0.15) is 71.9 Å². The molecule has 1 fully saturated rings. The molecule has 1 amide bonds. The third kappa shape index (κ3) is 5.01. The van der Waals surface area contributed by atoms with E-state index >= 15 is 0 Å². The van der Waals surface area contributed by atoms with Gasteiger partial charge in [-0.15, -0.1) is 0 Å². The normalized spacial score (nSPS) is 14.8. The summed E-state index contributed by atoms with van der Waals surface area (Å²) in [7, 11) is 0. The fourth-order valence-electron chi connectivity index (χ4n) is 5.49. The van der Waals surface area contributed by atoms with Crippen LogP contribution in [0.3, 0.4) is 0 Å². The van der Waals surface area contributed by atoms with E-state index in [4.69, 9.17) is 4.74 Å². The van der Waals surface area contributed by atoms with E-state index in [-0.39, 0.29) is 12.2 Å². The number of alkyl carbamates (subject to hydrolysis) is 1. The molecular formula is C31H33N3O4. The number of aromatic nitrogens is 2. The number of fused-ring (bicyclic) bond motifs is 1. The molecule has 0 atom stereocenters. The van der Waals surface area contributed by atoms with Crippen molar-refractivity contribution in [3.63, 3.8) is 0 Å². The maximum atomic E-state index is 13.2. The summed E-state index contributed by atoms with van der Waals surface area (Å²) in [4.78, 5) is 30.1. The molecule has 1 saturated carbocycles. The smallest absolute Gasteiger partial charge is 0.408 e. The molecule has 1 aliphatic carbocycles. The Bertz CT molecular complexity index is 1470. The van der Waals surface area contributed by atoms with Gasteiger partial charge >= 0.3 is 12.1 Å². The molecule has 2 aromatic heterocycles. The zero-order chi connectivity index (χ0) is 26.7. The minimum Gasteiger partial charge on any atom is -0.478 e. The van der Waals surface area contributed by atoms with Crippen molar-refractivity contribution in [2.24, 2.45) is 0 Å². The van der Waals surface area contributed by atoms with E-state index in [1.165, 1.54) is 0 Å². The molecule has 1 aliphatic rings. The Morgan fingerprint density at radius 1 is 1.05 bits per heavy atom. The molecule has 0 radical (unpaired) electrons. The molecule has 0 spiro atoms. The number of nitrogens with zero attached hydrogens (tertiary/aromatic N) is 2. The van der Waals surface area contributed by atoms with Gasteiger partial charge in [0.25, 0.3) is 0 Å². The van der Waals surface area contributed by atoms with E-state index in [1.54, 1.807) is 6.07 Å². The van der Waals surface area contributed by atoms with Crippen molar-refractivity contribution >= 4 is 17.7 Å². The van der Waals surface area contributed by atoms with Gasteiger partial charge in [0.1, 0.15) is 12.3 Å². The molecule has 0 unspecified atom stereocenters. The highest BCUT2D eigenvalue weighted by Crippen LogP contribution is 2.39. The lowest BCUT2D eigenvalue weighted by molar-refractivity contribution is 0.0697. The third-order valence-electron chi connectivity index (χ3n) is 7.59. The van der Waals surface area contributed by atoms with Gasteiger partial charge in [-0.1, -0.05) is 74.7 Å². The molecule has 196 valence electrons. The second kappa shape index (κ2) is 10.7. The van der Waals surface area contributed by atoms with E-state index in [1.807, 2.05) is 72.1 Å². The summed E-state index contributed by atoms with van der Waals surface area (Å²) in [5.41, 5.74) is 5.60. The van der Waals surface area contributed by atoms with Gasteiger partial charge in [-0.3, -0.25) is 0 Å². The summed E-state index contributed by atoms with van der Waals surface area (Å²) >= 11 is 0. The van der Waals surface area contributed by atoms with Crippen LogP contribution in [0.4, 0.5) is 4.79 Å². The highest BCUT2D eigenvalue weighted by atomic mass is 16.5. The summed E-state index contributed by atoms with van der Waals surface area (Å²) in [5, 5.41) is 13.2. The van der Waals surface area contributed by atoms with Gasteiger partial charge in [0, 0.05) is 6.20 Å².